The quantitative estimate of drug-likeness (QED) is 0.831. The first-order valence-electron chi connectivity index (χ1n) is 6.29. The number of benzene rings is 1. The second-order valence-corrected chi connectivity index (χ2v) is 4.88. The monoisotopic (exact) mass is 253 g/mol. The topological polar surface area (TPSA) is 21.3 Å². The molecule has 0 aromatic heterocycles. The Balaban J connectivity index is 0.00000108. The van der Waals surface area contributed by atoms with Gasteiger partial charge in [0.2, 0.25) is 0 Å². The fraction of sp³-hybridized carbons (Fsp3) is 0.571. The molecule has 1 N–H and O–H groups in total. The molecular weight excluding hydrogens is 234 g/mol. The number of nitrogens with one attached hydrogen (secondary N) is 1. The maximum Gasteiger partial charge on any atom is 0.122 e. The molecular formula is C14H20ClNO. The first kappa shape index (κ1) is 12.7. The van der Waals surface area contributed by atoms with Crippen LogP contribution in [-0.4, -0.2) is 19.7 Å². The first-order chi connectivity index (χ1) is 7.90. The van der Waals surface area contributed by atoms with Gasteiger partial charge in [-0.25, -0.2) is 0 Å². The van der Waals surface area contributed by atoms with E-state index in [9.17, 15) is 0 Å². The number of hydrogen-bond acceptors (Lipinski definition) is 2. The fourth-order valence-corrected chi connectivity index (χ4v) is 3.32. The van der Waals surface area contributed by atoms with Crippen LogP contribution in [-0.2, 0) is 6.42 Å². The standard InChI is InChI=1S/C14H19NO.ClH/c1-16-14-6-2-4-10-11-5-3-9-15-13(11)8-7-12(10)14;/h2,4,6,11,13,15H,3,5,7-9H2,1H3;1H/t11-,13-;/m1./s1. The summed E-state index contributed by atoms with van der Waals surface area (Å²) in [5.74, 6) is 1.80. The summed E-state index contributed by atoms with van der Waals surface area (Å²) in [7, 11) is 1.78. The molecule has 0 unspecified atom stereocenters. The van der Waals surface area contributed by atoms with Gasteiger partial charge in [-0.1, -0.05) is 12.1 Å². The van der Waals surface area contributed by atoms with E-state index in [1.54, 1.807) is 7.11 Å². The van der Waals surface area contributed by atoms with Gasteiger partial charge in [0, 0.05) is 6.04 Å². The summed E-state index contributed by atoms with van der Waals surface area (Å²) in [6.07, 6.45) is 5.06. The fourth-order valence-electron chi connectivity index (χ4n) is 3.32. The molecule has 94 valence electrons. The van der Waals surface area contributed by atoms with Gasteiger partial charge in [-0.3, -0.25) is 0 Å². The Morgan fingerprint density at radius 1 is 1.29 bits per heavy atom. The van der Waals surface area contributed by atoms with Crippen LogP contribution in [0.25, 0.3) is 0 Å². The maximum absolute atomic E-state index is 5.47. The second-order valence-electron chi connectivity index (χ2n) is 4.88. The van der Waals surface area contributed by atoms with Crippen molar-refractivity contribution in [1.82, 2.24) is 5.32 Å². The highest BCUT2D eigenvalue weighted by Gasteiger charge is 2.32. The largest absolute Gasteiger partial charge is 0.496 e. The van der Waals surface area contributed by atoms with Gasteiger partial charge in [0.25, 0.3) is 0 Å². The smallest absolute Gasteiger partial charge is 0.122 e. The summed E-state index contributed by atoms with van der Waals surface area (Å²) < 4.78 is 5.47. The lowest BCUT2D eigenvalue weighted by Crippen LogP contribution is -2.42. The van der Waals surface area contributed by atoms with Crippen molar-refractivity contribution in [2.75, 3.05) is 13.7 Å². The minimum absolute atomic E-state index is 0. The van der Waals surface area contributed by atoms with Gasteiger partial charge in [0.05, 0.1) is 7.11 Å². The second kappa shape index (κ2) is 5.28. The van der Waals surface area contributed by atoms with Gasteiger partial charge in [-0.05, 0) is 55.3 Å². The molecule has 1 heterocycles. The van der Waals surface area contributed by atoms with Crippen LogP contribution in [0.3, 0.4) is 0 Å². The van der Waals surface area contributed by atoms with Crippen molar-refractivity contribution in [3.8, 4) is 5.75 Å². The van der Waals surface area contributed by atoms with Crippen molar-refractivity contribution in [1.29, 1.82) is 0 Å². The van der Waals surface area contributed by atoms with E-state index in [0.29, 0.717) is 12.0 Å². The summed E-state index contributed by atoms with van der Waals surface area (Å²) in [6.45, 7) is 1.19. The lowest BCUT2D eigenvalue weighted by molar-refractivity contribution is 0.313. The zero-order valence-corrected chi connectivity index (χ0v) is 11.1. The van der Waals surface area contributed by atoms with E-state index in [0.717, 1.165) is 12.2 Å². The van der Waals surface area contributed by atoms with E-state index in [1.165, 1.54) is 36.9 Å². The molecule has 0 spiro atoms. The zero-order valence-electron chi connectivity index (χ0n) is 10.2. The Morgan fingerprint density at radius 3 is 3.00 bits per heavy atom. The summed E-state index contributed by atoms with van der Waals surface area (Å²) in [5, 5.41) is 3.66. The molecule has 1 aliphatic carbocycles. The average Bonchev–Trinajstić information content (AvgIpc) is 2.37. The van der Waals surface area contributed by atoms with Crippen LogP contribution in [0, 0.1) is 0 Å². The van der Waals surface area contributed by atoms with E-state index in [2.05, 4.69) is 23.5 Å². The molecule has 17 heavy (non-hydrogen) atoms. The van der Waals surface area contributed by atoms with Gasteiger partial charge in [0.15, 0.2) is 0 Å². The third kappa shape index (κ3) is 2.16. The molecule has 2 aliphatic rings. The summed E-state index contributed by atoms with van der Waals surface area (Å²) in [4.78, 5) is 0. The number of rotatable bonds is 1. The van der Waals surface area contributed by atoms with Crippen molar-refractivity contribution in [2.24, 2.45) is 0 Å². The van der Waals surface area contributed by atoms with Crippen molar-refractivity contribution < 1.29 is 4.74 Å². The summed E-state index contributed by atoms with van der Waals surface area (Å²) in [6, 6.07) is 7.22. The van der Waals surface area contributed by atoms with Crippen LogP contribution in [0.15, 0.2) is 18.2 Å². The van der Waals surface area contributed by atoms with Gasteiger partial charge in [-0.2, -0.15) is 0 Å². The van der Waals surface area contributed by atoms with E-state index in [1.807, 2.05) is 0 Å². The van der Waals surface area contributed by atoms with E-state index in [-0.39, 0.29) is 12.4 Å². The molecule has 1 saturated heterocycles. The molecule has 2 atom stereocenters. The van der Waals surface area contributed by atoms with Crippen LogP contribution < -0.4 is 10.1 Å². The van der Waals surface area contributed by atoms with E-state index in [4.69, 9.17) is 4.74 Å². The first-order valence-corrected chi connectivity index (χ1v) is 6.29. The highest BCUT2D eigenvalue weighted by Crippen LogP contribution is 2.40. The van der Waals surface area contributed by atoms with Crippen molar-refractivity contribution in [3.63, 3.8) is 0 Å². The Labute approximate surface area is 109 Å². The Hall–Kier alpha value is -0.730. The van der Waals surface area contributed by atoms with Crippen LogP contribution in [0.2, 0.25) is 0 Å². The van der Waals surface area contributed by atoms with Gasteiger partial charge in [0.1, 0.15) is 5.75 Å². The van der Waals surface area contributed by atoms with Crippen LogP contribution >= 0.6 is 12.4 Å². The van der Waals surface area contributed by atoms with E-state index < -0.39 is 0 Å². The molecule has 0 bridgehead atoms. The molecule has 1 aliphatic heterocycles. The van der Waals surface area contributed by atoms with Crippen LogP contribution in [0.5, 0.6) is 5.75 Å². The predicted octanol–water partition coefficient (Wildman–Crippen LogP) is 2.90. The highest BCUT2D eigenvalue weighted by molar-refractivity contribution is 5.85. The molecule has 1 aromatic rings. The van der Waals surface area contributed by atoms with Crippen molar-refractivity contribution in [2.45, 2.75) is 37.6 Å². The van der Waals surface area contributed by atoms with Gasteiger partial charge in [-0.15, -0.1) is 12.4 Å². The number of halogens is 1. The number of methoxy groups -OCH3 is 1. The lowest BCUT2D eigenvalue weighted by Gasteiger charge is -2.38. The predicted molar refractivity (Wildman–Crippen MR) is 72.3 cm³/mol. The minimum Gasteiger partial charge on any atom is -0.496 e. The number of ether oxygens (including phenoxy) is 1. The number of hydrogen-bond donors (Lipinski definition) is 1. The third-order valence-corrected chi connectivity index (χ3v) is 4.08. The SMILES string of the molecule is COc1cccc2c1CC[C@H]1NCCC[C@H]21.Cl. The highest BCUT2D eigenvalue weighted by atomic mass is 35.5. The van der Waals surface area contributed by atoms with Gasteiger partial charge < -0.3 is 10.1 Å². The van der Waals surface area contributed by atoms with Gasteiger partial charge >= 0.3 is 0 Å². The van der Waals surface area contributed by atoms with Crippen LogP contribution in [0.4, 0.5) is 0 Å². The molecule has 2 nitrogen and oxygen atoms in total. The van der Waals surface area contributed by atoms with E-state index >= 15 is 0 Å². The molecule has 3 rings (SSSR count). The lowest BCUT2D eigenvalue weighted by atomic mass is 9.75. The van der Waals surface area contributed by atoms with Crippen molar-refractivity contribution in [3.05, 3.63) is 29.3 Å². The summed E-state index contributed by atoms with van der Waals surface area (Å²) >= 11 is 0. The molecule has 3 heteroatoms. The minimum atomic E-state index is 0. The normalized spacial score (nSPS) is 26.4. The maximum atomic E-state index is 5.47. The van der Waals surface area contributed by atoms with Crippen molar-refractivity contribution >= 4 is 12.4 Å². The molecule has 1 aromatic carbocycles. The Morgan fingerprint density at radius 2 is 2.18 bits per heavy atom. The molecule has 0 radical (unpaired) electrons. The summed E-state index contributed by atoms with van der Waals surface area (Å²) in [5.41, 5.74) is 2.98. The molecule has 1 fully saturated rings. The molecule has 0 amide bonds. The zero-order chi connectivity index (χ0) is 11.0. The number of piperidine rings is 1. The Bertz CT molecular complexity index is 394. The molecule has 0 saturated carbocycles. The third-order valence-electron chi connectivity index (χ3n) is 4.08. The van der Waals surface area contributed by atoms with Crippen LogP contribution in [0.1, 0.15) is 36.3 Å². The number of fused-ring (bicyclic) bond motifs is 3. The Kier molecular flexibility index (Phi) is 3.95. The average molecular weight is 254 g/mol.